The number of benzene rings is 3. The van der Waals surface area contributed by atoms with Crippen molar-refractivity contribution in [1.29, 1.82) is 0 Å². The van der Waals surface area contributed by atoms with Gasteiger partial charge in [-0.15, -0.1) is 11.3 Å². The van der Waals surface area contributed by atoms with E-state index in [0.717, 1.165) is 0 Å². The van der Waals surface area contributed by atoms with Crippen molar-refractivity contribution in [2.24, 2.45) is 0 Å². The molecular weight excluding hydrogens is 705 g/mol. The zero-order valence-corrected chi connectivity index (χ0v) is 26.4. The summed E-state index contributed by atoms with van der Waals surface area (Å²) in [5.74, 6) is -4.18. The largest absolute Gasteiger partial charge is 0.422 e. The molecule has 43 heavy (non-hydrogen) atoms. The van der Waals surface area contributed by atoms with Crippen LogP contribution in [-0.2, 0) is 0 Å². The van der Waals surface area contributed by atoms with E-state index in [1.165, 1.54) is 53.8 Å². The minimum atomic E-state index is -1.07. The fourth-order valence-electron chi connectivity index (χ4n) is 4.06. The topological polar surface area (TPSA) is 101 Å². The molecule has 3 aromatic carbocycles. The third-order valence-corrected chi connectivity index (χ3v) is 9.52. The molecule has 5 rings (SSSR count). The Morgan fingerprint density at radius 2 is 1.33 bits per heavy atom. The lowest BCUT2D eigenvalue weighted by molar-refractivity contribution is 0.00532. The first-order valence-electron chi connectivity index (χ1n) is 11.8. The van der Waals surface area contributed by atoms with Gasteiger partial charge >= 0.3 is 5.97 Å². The van der Waals surface area contributed by atoms with Gasteiger partial charge < -0.3 is 4.74 Å². The van der Waals surface area contributed by atoms with Crippen LogP contribution in [0.5, 0.6) is 5.75 Å². The van der Waals surface area contributed by atoms with Gasteiger partial charge in [-0.05, 0) is 53.9 Å². The van der Waals surface area contributed by atoms with E-state index in [4.69, 9.17) is 74.3 Å². The second kappa shape index (κ2) is 12.5. The minimum absolute atomic E-state index is 0.0125. The van der Waals surface area contributed by atoms with Crippen molar-refractivity contribution in [3.63, 3.8) is 0 Å². The molecule has 0 unspecified atom stereocenters. The van der Waals surface area contributed by atoms with Crippen LogP contribution in [-0.4, -0.2) is 46.0 Å². The molecule has 0 saturated carbocycles. The lowest BCUT2D eigenvalue weighted by Gasteiger charge is -2.29. The number of carbonyl (C=O) groups excluding carboxylic acids is 5. The first-order valence-corrected chi connectivity index (χ1v) is 15.0. The number of rotatable bonds is 7. The predicted molar refractivity (Wildman–Crippen MR) is 165 cm³/mol. The van der Waals surface area contributed by atoms with Crippen molar-refractivity contribution in [3.8, 4) is 5.75 Å². The average molecular weight is 717 g/mol. The van der Waals surface area contributed by atoms with Crippen molar-refractivity contribution < 1.29 is 28.7 Å². The molecule has 1 aromatic heterocycles. The van der Waals surface area contributed by atoms with E-state index in [-0.39, 0.29) is 58.1 Å². The fraction of sp³-hybridized carbons (Fsp3) is 0.0357. The number of thiophene rings is 1. The van der Waals surface area contributed by atoms with Gasteiger partial charge in [0.15, 0.2) is 5.78 Å². The lowest BCUT2D eigenvalue weighted by Crippen LogP contribution is -2.51. The summed E-state index contributed by atoms with van der Waals surface area (Å²) in [6.07, 6.45) is 0. The number of hydrogen-bond acceptors (Lipinski definition) is 7. The number of nitrogens with zero attached hydrogens (tertiary/aromatic N) is 2. The van der Waals surface area contributed by atoms with Gasteiger partial charge in [0.1, 0.15) is 17.2 Å². The second-order valence-electron chi connectivity index (χ2n) is 8.73. The van der Waals surface area contributed by atoms with Crippen LogP contribution < -0.4 is 4.74 Å². The molecule has 3 amide bonds. The summed E-state index contributed by atoms with van der Waals surface area (Å²) in [6.45, 7) is -0.796. The molecule has 0 atom stereocenters. The van der Waals surface area contributed by atoms with E-state index < -0.39 is 36.0 Å². The number of esters is 1. The molecule has 0 radical (unpaired) electrons. The third kappa shape index (κ3) is 5.86. The van der Waals surface area contributed by atoms with E-state index in [0.29, 0.717) is 14.9 Å². The SMILES string of the molecule is O=C(CN(C(=O)c1ccc(Cl)c(Cl)c1)N1C(=O)c2c(Cl)c(Cl)c(Cl)c(Cl)c2C1=O)c1ccc(OC(=O)c2cccs2)cc1. The molecule has 218 valence electrons. The van der Waals surface area contributed by atoms with Crippen LogP contribution in [0.2, 0.25) is 30.1 Å². The van der Waals surface area contributed by atoms with Crippen LogP contribution in [0.4, 0.5) is 0 Å². The number of hydrogen-bond donors (Lipinski definition) is 0. The molecule has 1 aliphatic heterocycles. The van der Waals surface area contributed by atoms with Crippen LogP contribution in [0.3, 0.4) is 0 Å². The van der Waals surface area contributed by atoms with E-state index in [9.17, 15) is 24.0 Å². The smallest absolute Gasteiger partial charge is 0.353 e. The summed E-state index contributed by atoms with van der Waals surface area (Å²) >= 11 is 38.0. The number of halogens is 6. The normalized spacial score (nSPS) is 12.4. The number of carbonyl (C=O) groups is 5. The maximum Gasteiger partial charge on any atom is 0.353 e. The van der Waals surface area contributed by atoms with Crippen molar-refractivity contribution in [2.75, 3.05) is 6.54 Å². The molecule has 1 aliphatic rings. The van der Waals surface area contributed by atoms with Crippen LogP contribution in [0, 0.1) is 0 Å². The maximum atomic E-state index is 13.7. The van der Waals surface area contributed by atoms with Gasteiger partial charge in [0.05, 0.1) is 41.3 Å². The number of ether oxygens (including phenoxy) is 1. The van der Waals surface area contributed by atoms with Gasteiger partial charge in [-0.1, -0.05) is 75.7 Å². The highest BCUT2D eigenvalue weighted by Crippen LogP contribution is 2.45. The summed E-state index contributed by atoms with van der Waals surface area (Å²) in [5, 5.41) is 1.70. The quantitative estimate of drug-likeness (QED) is 0.0476. The van der Waals surface area contributed by atoms with Crippen molar-refractivity contribution in [3.05, 3.63) is 117 Å². The third-order valence-electron chi connectivity index (χ3n) is 6.12. The van der Waals surface area contributed by atoms with Gasteiger partial charge in [-0.3, -0.25) is 19.2 Å². The number of amides is 3. The van der Waals surface area contributed by atoms with Crippen molar-refractivity contribution in [1.82, 2.24) is 10.0 Å². The Morgan fingerprint density at radius 3 is 1.86 bits per heavy atom. The fourth-order valence-corrected chi connectivity index (χ4v) is 5.97. The Bertz CT molecular complexity index is 1800. The summed E-state index contributed by atoms with van der Waals surface area (Å²) in [7, 11) is 0. The first kappa shape index (κ1) is 31.3. The van der Waals surface area contributed by atoms with Crippen molar-refractivity contribution >= 4 is 110 Å². The molecule has 0 spiro atoms. The average Bonchev–Trinajstić information content (AvgIpc) is 3.62. The zero-order chi connectivity index (χ0) is 31.2. The van der Waals surface area contributed by atoms with Gasteiger partial charge in [0.2, 0.25) is 0 Å². The second-order valence-corrected chi connectivity index (χ2v) is 12.0. The molecule has 2 heterocycles. The Balaban J connectivity index is 1.49. The molecule has 15 heteroatoms. The Labute approximate surface area is 277 Å². The Kier molecular flexibility index (Phi) is 9.06. The molecule has 0 N–H and O–H groups in total. The Morgan fingerprint density at radius 1 is 0.744 bits per heavy atom. The number of imide groups is 1. The molecule has 0 bridgehead atoms. The number of Topliss-reactive ketones (excluding diaryl/α,β-unsaturated/α-hetero) is 1. The zero-order valence-electron chi connectivity index (χ0n) is 21.0. The molecule has 8 nitrogen and oxygen atoms in total. The molecule has 0 saturated heterocycles. The summed E-state index contributed by atoms with van der Waals surface area (Å²) in [4.78, 5) is 66.9. The summed E-state index contributed by atoms with van der Waals surface area (Å²) in [6, 6.07) is 12.6. The van der Waals surface area contributed by atoms with Crippen LogP contribution in [0.25, 0.3) is 0 Å². The van der Waals surface area contributed by atoms with Gasteiger partial charge in [0, 0.05) is 11.1 Å². The highest BCUT2D eigenvalue weighted by molar-refractivity contribution is 7.12. The summed E-state index contributed by atoms with van der Waals surface area (Å²) < 4.78 is 5.31. The van der Waals surface area contributed by atoms with Gasteiger partial charge in [-0.25, -0.2) is 9.80 Å². The van der Waals surface area contributed by atoms with E-state index >= 15 is 0 Å². The molecule has 0 aliphatic carbocycles. The molecular formula is C28H12Cl6N2O6S. The van der Waals surface area contributed by atoms with Gasteiger partial charge in [0.25, 0.3) is 17.7 Å². The van der Waals surface area contributed by atoms with Gasteiger partial charge in [-0.2, -0.15) is 5.01 Å². The van der Waals surface area contributed by atoms with E-state index in [2.05, 4.69) is 0 Å². The van der Waals surface area contributed by atoms with Crippen LogP contribution in [0.15, 0.2) is 60.0 Å². The molecule has 4 aromatic rings. The van der Waals surface area contributed by atoms with Crippen LogP contribution >= 0.6 is 80.9 Å². The standard InChI is InChI=1S/C28H12Cl6N2O6S/c29-15-8-5-13(10-16(15)30)25(38)35(36-26(39)19-20(27(36)40)22(32)24(34)23(33)21(19)31)11-17(37)12-3-6-14(7-4-12)42-28(41)18-2-1-9-43-18/h1-10H,11H2. The monoisotopic (exact) mass is 714 g/mol. The maximum absolute atomic E-state index is 13.7. The van der Waals surface area contributed by atoms with Crippen LogP contribution in [0.1, 0.15) is 51.1 Å². The molecule has 0 fully saturated rings. The Hall–Kier alpha value is -3.15. The first-order chi connectivity index (χ1) is 20.4. The van der Waals surface area contributed by atoms with E-state index in [1.54, 1.807) is 17.5 Å². The minimum Gasteiger partial charge on any atom is -0.422 e. The number of ketones is 1. The lowest BCUT2D eigenvalue weighted by atomic mass is 10.1. The van der Waals surface area contributed by atoms with Crippen molar-refractivity contribution in [2.45, 2.75) is 0 Å². The highest BCUT2D eigenvalue weighted by Gasteiger charge is 2.46. The van der Waals surface area contributed by atoms with E-state index in [1.807, 2.05) is 0 Å². The number of fused-ring (bicyclic) bond motifs is 1. The highest BCUT2D eigenvalue weighted by atomic mass is 35.5. The summed E-state index contributed by atoms with van der Waals surface area (Å²) in [5.41, 5.74) is -0.797. The predicted octanol–water partition coefficient (Wildman–Crippen LogP) is 8.42. The number of hydrazine groups is 1.